The van der Waals surface area contributed by atoms with E-state index in [-0.39, 0.29) is 28.4 Å². The van der Waals surface area contributed by atoms with Gasteiger partial charge in [0.2, 0.25) is 0 Å². The second-order valence-corrected chi connectivity index (χ2v) is 10.0. The predicted molar refractivity (Wildman–Crippen MR) is 117 cm³/mol. The summed E-state index contributed by atoms with van der Waals surface area (Å²) in [5.41, 5.74) is 0.201. The molecule has 0 amide bonds. The van der Waals surface area contributed by atoms with Gasteiger partial charge in [-0.3, -0.25) is 9.10 Å². The van der Waals surface area contributed by atoms with Crippen molar-refractivity contribution in [1.82, 2.24) is 0 Å². The van der Waals surface area contributed by atoms with Crippen LogP contribution in [0.4, 0.5) is 5.69 Å². The quantitative estimate of drug-likeness (QED) is 0.494. The molecule has 0 aliphatic carbocycles. The number of sulfonamides is 1. The number of anilines is 1. The van der Waals surface area contributed by atoms with E-state index >= 15 is 0 Å². The first-order valence-electron chi connectivity index (χ1n) is 8.17. The molecule has 0 bridgehead atoms. The molecule has 5 nitrogen and oxygen atoms in total. The van der Waals surface area contributed by atoms with E-state index < -0.39 is 27.3 Å². The summed E-state index contributed by atoms with van der Waals surface area (Å²) in [7, 11) is -4.03. The van der Waals surface area contributed by atoms with E-state index in [2.05, 4.69) is 12.6 Å². The molecule has 0 aromatic heterocycles. The van der Waals surface area contributed by atoms with E-state index in [0.29, 0.717) is 10.0 Å². The molecular formula is C18H18Cl3NO4S2. The Morgan fingerprint density at radius 2 is 1.68 bits per heavy atom. The first-order chi connectivity index (χ1) is 13.0. The highest BCUT2D eigenvalue weighted by molar-refractivity contribution is 7.92. The molecule has 0 saturated carbocycles. The largest absolute Gasteiger partial charge is 0.481 e. The van der Waals surface area contributed by atoms with Crippen LogP contribution in [0.2, 0.25) is 15.1 Å². The van der Waals surface area contributed by atoms with Crippen molar-refractivity contribution < 1.29 is 18.3 Å². The SMILES string of the molecule is C[C@H](CC(S)CC(=O)O)N(c1cc(Cl)ccc1Cl)S(=O)(=O)c1ccc(Cl)cc1. The number of carboxylic acid groups (broad SMARTS) is 1. The normalized spacial score (nSPS) is 13.8. The molecule has 2 atom stereocenters. The summed E-state index contributed by atoms with van der Waals surface area (Å²) in [6.45, 7) is 1.66. The number of carbonyl (C=O) groups is 1. The molecule has 0 radical (unpaired) electrons. The van der Waals surface area contributed by atoms with E-state index in [4.69, 9.17) is 39.9 Å². The molecule has 0 spiro atoms. The van der Waals surface area contributed by atoms with Crippen molar-refractivity contribution in [2.24, 2.45) is 0 Å². The smallest absolute Gasteiger partial charge is 0.304 e. The van der Waals surface area contributed by atoms with E-state index in [1.54, 1.807) is 13.0 Å². The first-order valence-corrected chi connectivity index (χ1v) is 11.3. The lowest BCUT2D eigenvalue weighted by Crippen LogP contribution is -2.40. The van der Waals surface area contributed by atoms with E-state index in [0.717, 1.165) is 4.31 Å². The summed E-state index contributed by atoms with van der Waals surface area (Å²) in [5, 5.41) is 9.33. The molecule has 0 aliphatic heterocycles. The lowest BCUT2D eigenvalue weighted by atomic mass is 10.1. The van der Waals surface area contributed by atoms with Crippen LogP contribution in [-0.2, 0) is 14.8 Å². The third kappa shape index (κ3) is 5.70. The Hall–Kier alpha value is -1.12. The van der Waals surface area contributed by atoms with Crippen LogP contribution in [0.25, 0.3) is 0 Å². The number of aliphatic carboxylic acids is 1. The topological polar surface area (TPSA) is 74.7 Å². The summed E-state index contributed by atoms with van der Waals surface area (Å²) in [5.74, 6) is -1.01. The van der Waals surface area contributed by atoms with Crippen LogP contribution in [0.15, 0.2) is 47.4 Å². The number of carboxylic acids is 1. The third-order valence-corrected chi connectivity index (χ3v) is 7.08. The Bertz CT molecular complexity index is 952. The summed E-state index contributed by atoms with van der Waals surface area (Å²) >= 11 is 22.5. The average molecular weight is 483 g/mol. The van der Waals surface area contributed by atoms with Crippen molar-refractivity contribution in [1.29, 1.82) is 0 Å². The molecule has 1 N–H and O–H groups in total. The van der Waals surface area contributed by atoms with Gasteiger partial charge in [-0.2, -0.15) is 12.6 Å². The van der Waals surface area contributed by atoms with Gasteiger partial charge in [0, 0.05) is 21.3 Å². The van der Waals surface area contributed by atoms with Crippen LogP contribution in [0, 0.1) is 0 Å². The minimum absolute atomic E-state index is 0.0220. The van der Waals surface area contributed by atoms with Gasteiger partial charge in [0.15, 0.2) is 0 Å². The van der Waals surface area contributed by atoms with Gasteiger partial charge in [0.25, 0.3) is 10.0 Å². The summed E-state index contributed by atoms with van der Waals surface area (Å²) < 4.78 is 27.9. The van der Waals surface area contributed by atoms with Gasteiger partial charge >= 0.3 is 5.97 Å². The molecule has 10 heteroatoms. The van der Waals surface area contributed by atoms with Crippen LogP contribution < -0.4 is 4.31 Å². The Balaban J connectivity index is 2.54. The first kappa shape index (κ1) is 23.2. The molecule has 152 valence electrons. The fourth-order valence-corrected chi connectivity index (χ4v) is 5.44. The fraction of sp³-hybridized carbons (Fsp3) is 0.278. The molecule has 0 heterocycles. The number of halogens is 3. The number of hydrogen-bond acceptors (Lipinski definition) is 4. The summed E-state index contributed by atoms with van der Waals surface area (Å²) in [6, 6.07) is 9.61. The minimum atomic E-state index is -4.03. The molecular weight excluding hydrogens is 465 g/mol. The fourth-order valence-electron chi connectivity index (χ4n) is 2.75. The lowest BCUT2D eigenvalue weighted by Gasteiger charge is -2.32. The standard InChI is InChI=1S/C18H18Cl3NO4S2/c1-11(8-14(27)10-18(23)24)22(17-9-13(20)4-7-16(17)21)28(25,26)15-5-2-12(19)3-6-15/h2-7,9,11,14,27H,8,10H2,1H3,(H,23,24)/t11-,14?/m1/s1. The van der Waals surface area contributed by atoms with Crippen LogP contribution >= 0.6 is 47.4 Å². The maximum atomic E-state index is 13.4. The van der Waals surface area contributed by atoms with E-state index in [9.17, 15) is 13.2 Å². The molecule has 0 fully saturated rings. The van der Waals surface area contributed by atoms with Gasteiger partial charge in [-0.05, 0) is 55.8 Å². The van der Waals surface area contributed by atoms with Crippen LogP contribution in [-0.4, -0.2) is 30.8 Å². The zero-order valence-electron chi connectivity index (χ0n) is 14.7. The molecule has 2 rings (SSSR count). The van der Waals surface area contributed by atoms with Gasteiger partial charge in [-0.1, -0.05) is 34.8 Å². The third-order valence-electron chi connectivity index (χ3n) is 3.94. The number of thiol groups is 1. The van der Waals surface area contributed by atoms with Crippen molar-refractivity contribution >= 4 is 69.1 Å². The molecule has 2 aromatic rings. The highest BCUT2D eigenvalue weighted by Gasteiger charge is 2.32. The number of hydrogen-bond donors (Lipinski definition) is 2. The van der Waals surface area contributed by atoms with Crippen LogP contribution in [0.3, 0.4) is 0 Å². The summed E-state index contributed by atoms with van der Waals surface area (Å²) in [4.78, 5) is 11.0. The maximum Gasteiger partial charge on any atom is 0.304 e. The van der Waals surface area contributed by atoms with Crippen molar-refractivity contribution in [2.45, 2.75) is 36.0 Å². The van der Waals surface area contributed by atoms with Gasteiger partial charge in [-0.15, -0.1) is 0 Å². The molecule has 0 saturated heterocycles. The summed E-state index contributed by atoms with van der Waals surface area (Å²) in [6.07, 6.45) is -0.0172. The van der Waals surface area contributed by atoms with Crippen molar-refractivity contribution in [3.05, 3.63) is 57.5 Å². The van der Waals surface area contributed by atoms with Crippen LogP contribution in [0.1, 0.15) is 19.8 Å². The zero-order valence-corrected chi connectivity index (χ0v) is 18.7. The molecule has 28 heavy (non-hydrogen) atoms. The predicted octanol–water partition coefficient (Wildman–Crippen LogP) is 5.39. The van der Waals surface area contributed by atoms with Crippen molar-refractivity contribution in [3.63, 3.8) is 0 Å². The van der Waals surface area contributed by atoms with Crippen molar-refractivity contribution in [2.75, 3.05) is 4.31 Å². The highest BCUT2D eigenvalue weighted by Crippen LogP contribution is 2.36. The Labute approximate surface area is 184 Å². The monoisotopic (exact) mass is 481 g/mol. The lowest BCUT2D eigenvalue weighted by molar-refractivity contribution is -0.137. The van der Waals surface area contributed by atoms with Gasteiger partial charge in [0.05, 0.1) is 22.0 Å². The Kier molecular flexibility index (Phi) is 7.93. The number of nitrogens with zero attached hydrogens (tertiary/aromatic N) is 1. The van der Waals surface area contributed by atoms with Crippen LogP contribution in [0.5, 0.6) is 0 Å². The second-order valence-electron chi connectivity index (χ2n) is 6.19. The molecule has 2 aromatic carbocycles. The number of benzene rings is 2. The number of rotatable bonds is 8. The Morgan fingerprint density at radius 3 is 2.25 bits per heavy atom. The van der Waals surface area contributed by atoms with Gasteiger partial charge in [-0.25, -0.2) is 8.42 Å². The van der Waals surface area contributed by atoms with E-state index in [1.165, 1.54) is 36.4 Å². The molecule has 1 unspecified atom stereocenters. The Morgan fingerprint density at radius 1 is 1.11 bits per heavy atom. The second kappa shape index (κ2) is 9.59. The highest BCUT2D eigenvalue weighted by atomic mass is 35.5. The average Bonchev–Trinajstić information content (AvgIpc) is 2.57. The zero-order chi connectivity index (χ0) is 21.1. The van der Waals surface area contributed by atoms with E-state index in [1.807, 2.05) is 0 Å². The maximum absolute atomic E-state index is 13.4. The van der Waals surface area contributed by atoms with Gasteiger partial charge in [0.1, 0.15) is 0 Å². The molecule has 0 aliphatic rings. The van der Waals surface area contributed by atoms with Gasteiger partial charge < -0.3 is 5.11 Å². The van der Waals surface area contributed by atoms with Crippen molar-refractivity contribution in [3.8, 4) is 0 Å². The minimum Gasteiger partial charge on any atom is -0.481 e.